The summed E-state index contributed by atoms with van der Waals surface area (Å²) in [5, 5.41) is 0. The van der Waals surface area contributed by atoms with Gasteiger partial charge < -0.3 is 14.4 Å². The molecule has 17 heteroatoms. The molecule has 27 atom stereocenters. The Bertz CT molecular complexity index is 4230. The minimum Gasteiger partial charge on any atom is -0.303 e. The van der Waals surface area contributed by atoms with Crippen LogP contribution in [0.2, 0.25) is 0 Å². The molecular formula is C100H147F6NO8S2. The number of ketones is 1. The van der Waals surface area contributed by atoms with Crippen molar-refractivity contribution in [2.45, 2.75) is 329 Å². The average molecular weight is 1670 g/mol. The molecule has 0 saturated heterocycles. The average Bonchev–Trinajstić information content (AvgIpc) is 1.63. The Labute approximate surface area is 701 Å². The first kappa shape index (κ1) is 90.6. The maximum Gasteiger partial charge on any atom is 0.517 e. The Morgan fingerprint density at radius 2 is 0.684 bits per heavy atom. The first-order chi connectivity index (χ1) is 53.8. The van der Waals surface area contributed by atoms with Gasteiger partial charge in [0.05, 0.1) is 5.69 Å². The van der Waals surface area contributed by atoms with E-state index in [1.807, 2.05) is 0 Å². The minimum atomic E-state index is -6.81. The molecule has 15 aliphatic carbocycles. The van der Waals surface area contributed by atoms with Crippen LogP contribution < -0.4 is 3.71 Å². The Kier molecular flexibility index (Phi) is 22.6. The fourth-order valence-electron chi connectivity index (χ4n) is 34.7. The summed E-state index contributed by atoms with van der Waals surface area (Å²) in [4.78, 5) is 50.6. The van der Waals surface area contributed by atoms with Gasteiger partial charge in [-0.2, -0.15) is 43.2 Å². The van der Waals surface area contributed by atoms with E-state index >= 15 is 0 Å². The monoisotopic (exact) mass is 1670 g/mol. The van der Waals surface area contributed by atoms with E-state index < -0.39 is 40.5 Å². The van der Waals surface area contributed by atoms with Gasteiger partial charge in [-0.25, -0.2) is 0 Å². The van der Waals surface area contributed by atoms with Crippen LogP contribution in [0.1, 0.15) is 318 Å². The molecule has 0 heterocycles. The van der Waals surface area contributed by atoms with Gasteiger partial charge in [-0.05, 0) is 368 Å². The molecule has 16 rings (SSSR count). The number of allylic oxidation sites excluding steroid dienone is 7. The summed E-state index contributed by atoms with van der Waals surface area (Å²) in [6.45, 7) is 63.1. The molecule has 0 bridgehead atoms. The molecular weight excluding hydrogens is 1520 g/mol. The SMILES string of the molecule is C=C(C)[C@@H]1CC[C@]2(C=O)CC[C@]3(C)[C@H](CC[C@@H]4[C@@]5(C)CC=C(C)C(C)(C)[C@@H]5CC[C@]43C)[C@@H]12.C=C(C)[C@@H]1CC[C@]2(C=O)CC[C@]3(C)[C@H](CC[C@@H]4[C@@]5(C)CC=C(C)C(C)(C)[C@@H]5CC[C@]43C)[C@@H]12.C=C(C)[C@@H]1CC[C@]2(C=O)CC[C@]3(C)[C@H](CC[C@@H]4[C@@]5(C)CCC(=O)C(C)(C)[C@@H]5CC[C@]43C)[C@@H]12.O=S(=O)(N(c1ccccc1)S(=O)(=O)C(F)(F)F)C(F)(F)F. The van der Waals surface area contributed by atoms with Gasteiger partial charge in [-0.1, -0.05) is 182 Å². The van der Waals surface area contributed by atoms with Crippen molar-refractivity contribution in [3.8, 4) is 0 Å². The number of hydrogen-bond donors (Lipinski definition) is 0. The third kappa shape index (κ3) is 12.7. The molecule has 13 saturated carbocycles. The molecule has 0 unspecified atom stereocenters. The predicted octanol–water partition coefficient (Wildman–Crippen LogP) is 26.4. The molecule has 0 spiro atoms. The van der Waals surface area contributed by atoms with Crippen LogP contribution in [-0.4, -0.2) is 52.5 Å². The second-order valence-electron chi connectivity index (χ2n) is 46.3. The first-order valence-electron chi connectivity index (χ1n) is 45.6. The minimum absolute atomic E-state index is 0.0647. The molecule has 0 N–H and O–H groups in total. The maximum absolute atomic E-state index is 12.9. The zero-order valence-electron chi connectivity index (χ0n) is 75.2. The van der Waals surface area contributed by atoms with Crippen molar-refractivity contribution in [3.63, 3.8) is 0 Å². The Hall–Kier alpha value is -4.12. The van der Waals surface area contributed by atoms with E-state index in [-0.39, 0.29) is 32.5 Å². The van der Waals surface area contributed by atoms with E-state index in [0.717, 1.165) is 99.7 Å². The van der Waals surface area contributed by atoms with Gasteiger partial charge >= 0.3 is 31.1 Å². The van der Waals surface area contributed by atoms with E-state index in [1.165, 1.54) is 158 Å². The second kappa shape index (κ2) is 29.2. The van der Waals surface area contributed by atoms with E-state index in [2.05, 4.69) is 170 Å². The van der Waals surface area contributed by atoms with E-state index in [9.17, 15) is 62.4 Å². The zero-order valence-corrected chi connectivity index (χ0v) is 76.8. The van der Waals surface area contributed by atoms with E-state index in [0.29, 0.717) is 132 Å². The number of Topliss-reactive ketones (excluding diaryl/α,β-unsaturated/α-hetero) is 1. The topological polar surface area (TPSA) is 140 Å². The molecule has 9 nitrogen and oxygen atoms in total. The lowest BCUT2D eigenvalue weighted by atomic mass is 9.32. The van der Waals surface area contributed by atoms with Gasteiger partial charge in [-0.3, -0.25) is 4.79 Å². The third-order valence-corrected chi connectivity index (χ3v) is 45.5. The molecule has 1 aromatic carbocycles. The van der Waals surface area contributed by atoms with Gasteiger partial charge in [0.1, 0.15) is 24.6 Å². The summed E-state index contributed by atoms with van der Waals surface area (Å²) < 4.78 is 118. The molecule has 15 aliphatic rings. The van der Waals surface area contributed by atoms with Crippen molar-refractivity contribution in [1.29, 1.82) is 0 Å². The van der Waals surface area contributed by atoms with Crippen molar-refractivity contribution < 1.29 is 62.4 Å². The summed E-state index contributed by atoms with van der Waals surface area (Å²) in [7, 11) is -13.6. The summed E-state index contributed by atoms with van der Waals surface area (Å²) >= 11 is 0. The van der Waals surface area contributed by atoms with Crippen LogP contribution in [0, 0.1) is 170 Å². The number of hydrogen-bond acceptors (Lipinski definition) is 8. The van der Waals surface area contributed by atoms with Crippen LogP contribution in [0.3, 0.4) is 0 Å². The van der Waals surface area contributed by atoms with Crippen LogP contribution in [0.15, 0.2) is 90.1 Å². The third-order valence-electron chi connectivity index (χ3n) is 41.8. The number of para-hydroxylation sites is 1. The van der Waals surface area contributed by atoms with Gasteiger partial charge in [0.15, 0.2) is 0 Å². The Morgan fingerprint density at radius 3 is 0.974 bits per heavy atom. The summed E-state index contributed by atoms with van der Waals surface area (Å²) in [5.74, 6) is 10.1. The van der Waals surface area contributed by atoms with Gasteiger partial charge in [0.2, 0.25) is 0 Å². The summed E-state index contributed by atoms with van der Waals surface area (Å²) in [5.41, 5.74) is -3.22. The summed E-state index contributed by atoms with van der Waals surface area (Å²) in [6, 6.07) is 3.85. The normalized spacial score (nSPS) is 46.8. The quantitative estimate of drug-likeness (QED) is 0.135. The lowest BCUT2D eigenvalue weighted by Gasteiger charge is -2.72. The number of nitrogens with zero attached hydrogens (tertiary/aromatic N) is 1. The standard InChI is InChI=1S/2C31H48O.C30H46O2.C8H5F6NO4S2/c2*1-20(2)22-12-16-31(19-32)18-17-29(7)23(26(22)31)9-10-25-28(6)14-11-21(3)27(4,5)24(28)13-15-30(25,29)8;1-19(2)20-10-15-30(18-31)17-16-28(6)21(25(20)30)8-9-23-27(5)13-12-24(32)26(3,4)22(27)11-14-29(23,28)7;9-7(10,11)20(16,17)15(6-4-2-1-3-5-6)21(18,19)8(12,13)14/h2*11,19,22-26H,1,9-10,12-18H2,2-8H3;18,20-23,25H,1,8-17H2,2-7H3;1-5H/t2*22-,23+,24-,25+,26+,28-,29+,30+,31+;20-,21+,22-,23+,25+,27-,28+,29+,30+;/m000./s1. The number of halogens is 6. The van der Waals surface area contributed by atoms with Crippen molar-refractivity contribution in [2.24, 2.45) is 170 Å². The largest absolute Gasteiger partial charge is 0.517 e. The number of fused-ring (bicyclic) bond motifs is 21. The first-order valence-corrected chi connectivity index (χ1v) is 48.4. The Morgan fingerprint density at radius 1 is 0.385 bits per heavy atom. The number of carbonyl (C=O) groups is 4. The van der Waals surface area contributed by atoms with Crippen LogP contribution in [0.4, 0.5) is 32.0 Å². The lowest BCUT2D eigenvalue weighted by Crippen LogP contribution is -2.66. The van der Waals surface area contributed by atoms with E-state index in [1.54, 1.807) is 11.1 Å². The van der Waals surface area contributed by atoms with Gasteiger partial charge in [0.25, 0.3) is 0 Å². The Balaban J connectivity index is 0.000000137. The molecule has 13 fully saturated rings. The number of anilines is 1. The van der Waals surface area contributed by atoms with Crippen LogP contribution in [0.5, 0.6) is 0 Å². The number of sulfonamides is 2. The molecule has 0 aromatic heterocycles. The number of rotatable bonds is 9. The van der Waals surface area contributed by atoms with Crippen LogP contribution in [0.25, 0.3) is 0 Å². The van der Waals surface area contributed by atoms with Crippen molar-refractivity contribution in [3.05, 3.63) is 90.1 Å². The highest BCUT2D eigenvalue weighted by atomic mass is 32.3. The highest BCUT2D eigenvalue weighted by Crippen LogP contribution is 2.82. The van der Waals surface area contributed by atoms with Crippen molar-refractivity contribution >= 4 is 50.4 Å². The fraction of sp³-hybridized carbons (Fsp3) is 0.800. The number of benzene rings is 1. The highest BCUT2D eigenvalue weighted by Gasteiger charge is 2.76. The van der Waals surface area contributed by atoms with Gasteiger partial charge in [-0.15, -0.1) is 3.71 Å². The molecule has 0 aliphatic heterocycles. The maximum atomic E-state index is 12.9. The van der Waals surface area contributed by atoms with Gasteiger partial charge in [0, 0.05) is 28.1 Å². The fourth-order valence-corrected chi connectivity index (χ4v) is 37.4. The zero-order chi connectivity index (χ0) is 86.6. The molecule has 654 valence electrons. The van der Waals surface area contributed by atoms with Crippen molar-refractivity contribution in [2.75, 3.05) is 3.71 Å². The smallest absolute Gasteiger partial charge is 0.303 e. The lowest BCUT2D eigenvalue weighted by molar-refractivity contribution is -0.231. The second-order valence-corrected chi connectivity index (χ2v) is 50.1. The number of alkyl halides is 6. The predicted molar refractivity (Wildman–Crippen MR) is 457 cm³/mol. The van der Waals surface area contributed by atoms with Crippen LogP contribution >= 0.6 is 0 Å². The highest BCUT2D eigenvalue weighted by molar-refractivity contribution is 8.11. The number of carbonyl (C=O) groups excluding carboxylic acids is 4. The van der Waals surface area contributed by atoms with E-state index in [4.69, 9.17) is 0 Å². The molecule has 0 radical (unpaired) electrons. The van der Waals surface area contributed by atoms with Crippen LogP contribution in [-0.2, 0) is 39.2 Å². The summed E-state index contributed by atoms with van der Waals surface area (Å²) in [6.07, 6.45) is 43.4. The van der Waals surface area contributed by atoms with Crippen molar-refractivity contribution in [1.82, 2.24) is 0 Å². The molecule has 117 heavy (non-hydrogen) atoms. The molecule has 0 amide bonds. The number of aldehydes is 3. The molecule has 1 aromatic rings.